The molecule has 0 saturated heterocycles. The molecule has 2 rings (SSSR count). The van der Waals surface area contributed by atoms with Gasteiger partial charge in [-0.3, -0.25) is 9.78 Å². The molecule has 1 aromatic heterocycles. The lowest BCUT2D eigenvalue weighted by Gasteiger charge is -2.19. The summed E-state index contributed by atoms with van der Waals surface area (Å²) >= 11 is 0. The molecule has 0 radical (unpaired) electrons. The second kappa shape index (κ2) is 5.44. The average Bonchev–Trinajstić information content (AvgIpc) is 2.40. The first-order valence-electron chi connectivity index (χ1n) is 5.82. The summed E-state index contributed by atoms with van der Waals surface area (Å²) in [5.41, 5.74) is -0.0964. The first-order chi connectivity index (χ1) is 8.68. The second-order valence-corrected chi connectivity index (χ2v) is 4.16. The molecule has 1 atom stereocenters. The zero-order valence-corrected chi connectivity index (χ0v) is 9.80. The molecule has 5 heteroatoms. The van der Waals surface area contributed by atoms with E-state index in [4.69, 9.17) is 5.11 Å². The standard InChI is InChI=1S/C13H14N2O3/c16-12(15-9-5-2-1-3-6-9)11-10(13(17)18)7-4-8-14-11/h1-2,4,7-9H,3,5-6H2,(H,15,16)(H,17,18). The molecule has 1 aliphatic rings. The Kier molecular flexibility index (Phi) is 3.72. The highest BCUT2D eigenvalue weighted by Gasteiger charge is 2.20. The van der Waals surface area contributed by atoms with Crippen LogP contribution in [-0.2, 0) is 0 Å². The van der Waals surface area contributed by atoms with Crippen LogP contribution in [0.2, 0.25) is 0 Å². The zero-order chi connectivity index (χ0) is 13.0. The summed E-state index contributed by atoms with van der Waals surface area (Å²) in [5.74, 6) is -1.56. The predicted molar refractivity (Wildman–Crippen MR) is 65.4 cm³/mol. The third-order valence-electron chi connectivity index (χ3n) is 2.86. The number of aromatic nitrogens is 1. The second-order valence-electron chi connectivity index (χ2n) is 4.16. The van der Waals surface area contributed by atoms with Gasteiger partial charge in [0, 0.05) is 12.2 Å². The van der Waals surface area contributed by atoms with Crippen LogP contribution in [0.5, 0.6) is 0 Å². The van der Waals surface area contributed by atoms with E-state index in [0.29, 0.717) is 0 Å². The van der Waals surface area contributed by atoms with Gasteiger partial charge in [-0.1, -0.05) is 12.2 Å². The summed E-state index contributed by atoms with van der Waals surface area (Å²) in [6, 6.07) is 2.94. The summed E-state index contributed by atoms with van der Waals surface area (Å²) in [6.45, 7) is 0. The number of aromatic carboxylic acids is 1. The Labute approximate surface area is 105 Å². The summed E-state index contributed by atoms with van der Waals surface area (Å²) < 4.78 is 0. The fourth-order valence-corrected chi connectivity index (χ4v) is 1.94. The van der Waals surface area contributed by atoms with Crippen LogP contribution in [0.1, 0.15) is 40.1 Å². The van der Waals surface area contributed by atoms with Crippen LogP contribution < -0.4 is 5.32 Å². The van der Waals surface area contributed by atoms with Crippen LogP contribution in [0, 0.1) is 0 Å². The molecule has 0 aliphatic heterocycles. The Morgan fingerprint density at radius 2 is 2.22 bits per heavy atom. The summed E-state index contributed by atoms with van der Waals surface area (Å²) in [7, 11) is 0. The van der Waals surface area contributed by atoms with Crippen molar-refractivity contribution in [1.82, 2.24) is 10.3 Å². The maximum Gasteiger partial charge on any atom is 0.338 e. The first kappa shape index (κ1) is 12.3. The van der Waals surface area contributed by atoms with Gasteiger partial charge in [0.2, 0.25) is 0 Å². The predicted octanol–water partition coefficient (Wildman–Crippen LogP) is 1.62. The van der Waals surface area contributed by atoms with Crippen LogP contribution in [0.15, 0.2) is 30.5 Å². The van der Waals surface area contributed by atoms with Gasteiger partial charge in [-0.05, 0) is 31.4 Å². The molecule has 0 spiro atoms. The highest BCUT2D eigenvalue weighted by molar-refractivity contribution is 6.03. The van der Waals surface area contributed by atoms with Crippen molar-refractivity contribution in [2.24, 2.45) is 0 Å². The van der Waals surface area contributed by atoms with Crippen molar-refractivity contribution in [2.75, 3.05) is 0 Å². The first-order valence-corrected chi connectivity index (χ1v) is 5.82. The van der Waals surface area contributed by atoms with E-state index in [9.17, 15) is 9.59 Å². The molecule has 1 aromatic rings. The SMILES string of the molecule is O=C(O)c1cccnc1C(=O)NC1CC=CCC1. The fraction of sp³-hybridized carbons (Fsp3) is 0.308. The lowest BCUT2D eigenvalue weighted by molar-refractivity contribution is 0.0689. The van der Waals surface area contributed by atoms with Gasteiger partial charge in [0.1, 0.15) is 5.69 Å². The molecule has 5 nitrogen and oxygen atoms in total. The number of carbonyl (C=O) groups is 2. The van der Waals surface area contributed by atoms with E-state index >= 15 is 0 Å². The van der Waals surface area contributed by atoms with E-state index in [1.54, 1.807) is 0 Å². The molecule has 0 bridgehead atoms. The number of nitrogens with one attached hydrogen (secondary N) is 1. The van der Waals surface area contributed by atoms with Crippen LogP contribution in [-0.4, -0.2) is 28.0 Å². The Morgan fingerprint density at radius 3 is 2.89 bits per heavy atom. The van der Waals surface area contributed by atoms with Gasteiger partial charge in [0.15, 0.2) is 0 Å². The maximum absolute atomic E-state index is 12.0. The molecular formula is C13H14N2O3. The van der Waals surface area contributed by atoms with Crippen molar-refractivity contribution < 1.29 is 14.7 Å². The summed E-state index contributed by atoms with van der Waals surface area (Å²) in [6.07, 6.45) is 8.09. The van der Waals surface area contributed by atoms with Gasteiger partial charge >= 0.3 is 5.97 Å². The number of carboxylic acids is 1. The molecular weight excluding hydrogens is 232 g/mol. The van der Waals surface area contributed by atoms with Gasteiger partial charge < -0.3 is 10.4 Å². The van der Waals surface area contributed by atoms with Crippen molar-refractivity contribution >= 4 is 11.9 Å². The normalized spacial score (nSPS) is 18.3. The Balaban J connectivity index is 2.13. The van der Waals surface area contributed by atoms with Crippen molar-refractivity contribution in [2.45, 2.75) is 25.3 Å². The minimum absolute atomic E-state index is 0.0282. The van der Waals surface area contributed by atoms with E-state index in [0.717, 1.165) is 19.3 Å². The van der Waals surface area contributed by atoms with Gasteiger partial charge in [0.25, 0.3) is 5.91 Å². The number of allylic oxidation sites excluding steroid dienone is 1. The van der Waals surface area contributed by atoms with Crippen LogP contribution in [0.3, 0.4) is 0 Å². The smallest absolute Gasteiger partial charge is 0.338 e. The topological polar surface area (TPSA) is 79.3 Å². The number of hydrogen-bond donors (Lipinski definition) is 2. The molecule has 0 fully saturated rings. The maximum atomic E-state index is 12.0. The Bertz CT molecular complexity index is 497. The number of hydrogen-bond acceptors (Lipinski definition) is 3. The molecule has 1 aliphatic carbocycles. The molecule has 1 amide bonds. The number of amides is 1. The molecule has 2 N–H and O–H groups in total. The highest BCUT2D eigenvalue weighted by atomic mass is 16.4. The molecule has 94 valence electrons. The number of pyridine rings is 1. The van der Waals surface area contributed by atoms with E-state index in [-0.39, 0.29) is 17.3 Å². The minimum atomic E-state index is -1.14. The molecule has 18 heavy (non-hydrogen) atoms. The number of carboxylic acid groups (broad SMARTS) is 1. The van der Waals surface area contributed by atoms with Crippen LogP contribution in [0.25, 0.3) is 0 Å². The number of rotatable bonds is 3. The van der Waals surface area contributed by atoms with E-state index < -0.39 is 11.9 Å². The lowest BCUT2D eigenvalue weighted by Crippen LogP contribution is -2.36. The average molecular weight is 246 g/mol. The van der Waals surface area contributed by atoms with E-state index in [1.165, 1.54) is 18.3 Å². The lowest BCUT2D eigenvalue weighted by atomic mass is 10.0. The van der Waals surface area contributed by atoms with Gasteiger partial charge in [0.05, 0.1) is 5.56 Å². The monoisotopic (exact) mass is 246 g/mol. The van der Waals surface area contributed by atoms with Gasteiger partial charge in [-0.15, -0.1) is 0 Å². The van der Waals surface area contributed by atoms with E-state index in [1.807, 2.05) is 6.08 Å². The molecule has 0 aromatic carbocycles. The fourth-order valence-electron chi connectivity index (χ4n) is 1.94. The minimum Gasteiger partial charge on any atom is -0.478 e. The number of carbonyl (C=O) groups excluding carboxylic acids is 1. The summed E-state index contributed by atoms with van der Waals surface area (Å²) in [4.78, 5) is 26.8. The van der Waals surface area contributed by atoms with Crippen molar-refractivity contribution in [3.8, 4) is 0 Å². The van der Waals surface area contributed by atoms with E-state index in [2.05, 4.69) is 16.4 Å². The number of nitrogens with zero attached hydrogens (tertiary/aromatic N) is 1. The van der Waals surface area contributed by atoms with Gasteiger partial charge in [-0.25, -0.2) is 4.79 Å². The Hall–Kier alpha value is -2.17. The van der Waals surface area contributed by atoms with Crippen molar-refractivity contribution in [3.63, 3.8) is 0 Å². The summed E-state index contributed by atoms with van der Waals surface area (Å²) in [5, 5.41) is 11.8. The molecule has 1 unspecified atom stereocenters. The highest BCUT2D eigenvalue weighted by Crippen LogP contribution is 2.12. The molecule has 1 heterocycles. The van der Waals surface area contributed by atoms with Crippen molar-refractivity contribution in [3.05, 3.63) is 41.7 Å². The van der Waals surface area contributed by atoms with Gasteiger partial charge in [-0.2, -0.15) is 0 Å². The largest absolute Gasteiger partial charge is 0.478 e. The zero-order valence-electron chi connectivity index (χ0n) is 9.80. The Morgan fingerprint density at radius 1 is 1.39 bits per heavy atom. The third-order valence-corrected chi connectivity index (χ3v) is 2.86. The van der Waals surface area contributed by atoms with Crippen LogP contribution >= 0.6 is 0 Å². The van der Waals surface area contributed by atoms with Crippen LogP contribution in [0.4, 0.5) is 0 Å². The van der Waals surface area contributed by atoms with Crippen molar-refractivity contribution in [1.29, 1.82) is 0 Å². The third kappa shape index (κ3) is 2.74. The molecule has 0 saturated carbocycles. The quantitative estimate of drug-likeness (QED) is 0.794.